The fourth-order valence-corrected chi connectivity index (χ4v) is 4.27. The number of carbonyl (C=O) groups excluding carboxylic acids is 1. The molecule has 24 heavy (non-hydrogen) atoms. The van der Waals surface area contributed by atoms with Gasteiger partial charge >= 0.3 is 6.03 Å². The molecule has 1 aliphatic carbocycles. The van der Waals surface area contributed by atoms with Gasteiger partial charge in [0.25, 0.3) is 0 Å². The maximum Gasteiger partial charge on any atom is 0.317 e. The van der Waals surface area contributed by atoms with Gasteiger partial charge in [0.15, 0.2) is 0 Å². The van der Waals surface area contributed by atoms with E-state index in [1.807, 2.05) is 4.90 Å². The second kappa shape index (κ2) is 9.04. The van der Waals surface area contributed by atoms with Crippen molar-refractivity contribution in [1.82, 2.24) is 10.2 Å². The molecule has 5 nitrogen and oxygen atoms in total. The molecule has 3 rings (SSSR count). The summed E-state index contributed by atoms with van der Waals surface area (Å²) in [4.78, 5) is 14.2. The number of unbranched alkanes of at least 4 members (excludes halogenated alkanes) is 1. The van der Waals surface area contributed by atoms with Gasteiger partial charge in [-0.15, -0.1) is 0 Å². The molecule has 1 N–H and O–H groups in total. The molecule has 0 aromatic heterocycles. The number of ether oxygens (including phenoxy) is 2. The molecule has 0 aromatic rings. The molecule has 138 valence electrons. The molecule has 0 bridgehead atoms. The zero-order valence-electron chi connectivity index (χ0n) is 15.1. The highest BCUT2D eigenvalue weighted by Gasteiger charge is 2.42. The maximum absolute atomic E-state index is 12.2. The van der Waals surface area contributed by atoms with Gasteiger partial charge in [-0.1, -0.05) is 25.7 Å². The average Bonchev–Trinajstić information content (AvgIpc) is 3.15. The molecule has 1 atom stereocenters. The fraction of sp³-hybridized carbons (Fsp3) is 0.947. The van der Waals surface area contributed by atoms with Crippen LogP contribution in [0.25, 0.3) is 0 Å². The van der Waals surface area contributed by atoms with Gasteiger partial charge in [-0.2, -0.15) is 0 Å². The summed E-state index contributed by atoms with van der Waals surface area (Å²) >= 11 is 0. The van der Waals surface area contributed by atoms with Crippen molar-refractivity contribution in [3.8, 4) is 0 Å². The second-order valence-electron chi connectivity index (χ2n) is 7.90. The minimum Gasteiger partial charge on any atom is -0.381 e. The third-order valence-electron chi connectivity index (χ3n) is 5.91. The van der Waals surface area contributed by atoms with E-state index in [2.05, 4.69) is 5.32 Å². The summed E-state index contributed by atoms with van der Waals surface area (Å²) in [6.45, 7) is 5.02. The Morgan fingerprint density at radius 3 is 2.75 bits per heavy atom. The second-order valence-corrected chi connectivity index (χ2v) is 7.90. The van der Waals surface area contributed by atoms with Crippen molar-refractivity contribution < 1.29 is 14.3 Å². The van der Waals surface area contributed by atoms with E-state index in [0.29, 0.717) is 6.10 Å². The average molecular weight is 338 g/mol. The third kappa shape index (κ3) is 5.09. The lowest BCUT2D eigenvalue weighted by Gasteiger charge is -2.22. The smallest absolute Gasteiger partial charge is 0.317 e. The zero-order valence-corrected chi connectivity index (χ0v) is 15.1. The Morgan fingerprint density at radius 1 is 1.17 bits per heavy atom. The van der Waals surface area contributed by atoms with Crippen LogP contribution < -0.4 is 5.32 Å². The first-order chi connectivity index (χ1) is 11.8. The molecule has 2 aliphatic heterocycles. The maximum atomic E-state index is 12.2. The van der Waals surface area contributed by atoms with Gasteiger partial charge in [0.1, 0.15) is 0 Å². The quantitative estimate of drug-likeness (QED) is 0.597. The Balaban J connectivity index is 1.22. The van der Waals surface area contributed by atoms with Crippen LogP contribution in [-0.4, -0.2) is 56.5 Å². The van der Waals surface area contributed by atoms with E-state index in [-0.39, 0.29) is 11.4 Å². The van der Waals surface area contributed by atoms with Crippen LogP contribution in [-0.2, 0) is 9.47 Å². The van der Waals surface area contributed by atoms with Crippen LogP contribution in [0.1, 0.15) is 64.2 Å². The zero-order chi connectivity index (χ0) is 16.7. The van der Waals surface area contributed by atoms with E-state index in [4.69, 9.17) is 9.47 Å². The number of nitrogens with one attached hydrogen (secondary N) is 1. The number of nitrogens with zero attached hydrogens (tertiary/aromatic N) is 1. The summed E-state index contributed by atoms with van der Waals surface area (Å²) in [5.41, 5.74) is 0.254. The Bertz CT molecular complexity index is 388. The van der Waals surface area contributed by atoms with Crippen LogP contribution in [0.4, 0.5) is 4.79 Å². The Morgan fingerprint density at radius 2 is 2.00 bits per heavy atom. The Labute approximate surface area is 146 Å². The summed E-state index contributed by atoms with van der Waals surface area (Å²) in [6.07, 6.45) is 12.6. The van der Waals surface area contributed by atoms with Crippen molar-refractivity contribution in [3.05, 3.63) is 0 Å². The summed E-state index contributed by atoms with van der Waals surface area (Å²) in [5, 5.41) is 3.07. The highest BCUT2D eigenvalue weighted by Crippen LogP contribution is 2.38. The van der Waals surface area contributed by atoms with Crippen molar-refractivity contribution in [2.24, 2.45) is 5.41 Å². The number of urea groups is 1. The summed E-state index contributed by atoms with van der Waals surface area (Å²) in [7, 11) is 0. The van der Waals surface area contributed by atoms with Gasteiger partial charge in [0, 0.05) is 38.3 Å². The predicted molar refractivity (Wildman–Crippen MR) is 94.1 cm³/mol. The highest BCUT2D eigenvalue weighted by molar-refractivity contribution is 5.74. The van der Waals surface area contributed by atoms with Crippen LogP contribution in [0.2, 0.25) is 0 Å². The molecule has 2 amide bonds. The normalized spacial score (nSPS) is 28.4. The SMILES string of the molecule is O=C(NCCCCOC1CCCCCC1)N1CC[C@]2(CCOC2)C1. The minimum atomic E-state index is 0.100. The van der Waals surface area contributed by atoms with Gasteiger partial charge < -0.3 is 19.7 Å². The van der Waals surface area contributed by atoms with Crippen molar-refractivity contribution >= 4 is 6.03 Å². The molecular weight excluding hydrogens is 304 g/mol. The molecule has 1 saturated carbocycles. The van der Waals surface area contributed by atoms with E-state index in [1.165, 1.54) is 38.5 Å². The van der Waals surface area contributed by atoms with Gasteiger partial charge in [-0.3, -0.25) is 0 Å². The first-order valence-electron chi connectivity index (χ1n) is 10.00. The molecular formula is C19H34N2O3. The molecule has 3 fully saturated rings. The monoisotopic (exact) mass is 338 g/mol. The lowest BCUT2D eigenvalue weighted by atomic mass is 9.87. The predicted octanol–water partition coefficient (Wildman–Crippen LogP) is 3.33. The lowest BCUT2D eigenvalue weighted by Crippen LogP contribution is -2.40. The molecule has 3 aliphatic rings. The highest BCUT2D eigenvalue weighted by atomic mass is 16.5. The molecule has 0 unspecified atom stereocenters. The van der Waals surface area contributed by atoms with Gasteiger partial charge in [-0.25, -0.2) is 4.79 Å². The van der Waals surface area contributed by atoms with Gasteiger partial charge in [-0.05, 0) is 38.5 Å². The fourth-order valence-electron chi connectivity index (χ4n) is 4.27. The first-order valence-corrected chi connectivity index (χ1v) is 10.00. The van der Waals surface area contributed by atoms with Crippen LogP contribution >= 0.6 is 0 Å². The lowest BCUT2D eigenvalue weighted by molar-refractivity contribution is 0.0410. The van der Waals surface area contributed by atoms with Crippen molar-refractivity contribution in [2.75, 3.05) is 39.5 Å². The largest absolute Gasteiger partial charge is 0.381 e. The first kappa shape index (κ1) is 18.0. The van der Waals surface area contributed by atoms with Crippen molar-refractivity contribution in [1.29, 1.82) is 0 Å². The van der Waals surface area contributed by atoms with E-state index in [0.717, 1.165) is 65.1 Å². The topological polar surface area (TPSA) is 50.8 Å². The van der Waals surface area contributed by atoms with Gasteiger partial charge in [0.05, 0.1) is 12.7 Å². The Kier molecular flexibility index (Phi) is 6.78. The van der Waals surface area contributed by atoms with Crippen LogP contribution in [0, 0.1) is 5.41 Å². The number of rotatable bonds is 6. The molecule has 0 radical (unpaired) electrons. The van der Waals surface area contributed by atoms with Crippen LogP contribution in [0.3, 0.4) is 0 Å². The summed E-state index contributed by atoms with van der Waals surface area (Å²) in [6, 6.07) is 0.100. The minimum absolute atomic E-state index is 0.100. The molecule has 0 aromatic carbocycles. The van der Waals surface area contributed by atoms with Gasteiger partial charge in [0.2, 0.25) is 0 Å². The number of hydrogen-bond acceptors (Lipinski definition) is 3. The van der Waals surface area contributed by atoms with E-state index in [9.17, 15) is 4.79 Å². The molecule has 5 heteroatoms. The molecule has 2 saturated heterocycles. The summed E-state index contributed by atoms with van der Waals surface area (Å²) < 4.78 is 11.5. The van der Waals surface area contributed by atoms with E-state index in [1.54, 1.807) is 0 Å². The Hall–Kier alpha value is -0.810. The number of hydrogen-bond donors (Lipinski definition) is 1. The standard InChI is InChI=1S/C19H34N2O3/c22-18(21-12-9-19(15-21)10-14-23-16-19)20-11-5-6-13-24-17-7-3-1-2-4-8-17/h17H,1-16H2,(H,20,22)/t19-/m0/s1. The van der Waals surface area contributed by atoms with Crippen LogP contribution in [0.15, 0.2) is 0 Å². The number of amides is 2. The number of carbonyl (C=O) groups is 1. The molecule has 1 spiro atoms. The van der Waals surface area contributed by atoms with E-state index >= 15 is 0 Å². The van der Waals surface area contributed by atoms with Crippen molar-refractivity contribution in [2.45, 2.75) is 70.3 Å². The van der Waals surface area contributed by atoms with Crippen molar-refractivity contribution in [3.63, 3.8) is 0 Å². The molecule has 2 heterocycles. The van der Waals surface area contributed by atoms with E-state index < -0.39 is 0 Å². The summed E-state index contributed by atoms with van der Waals surface area (Å²) in [5.74, 6) is 0. The van der Waals surface area contributed by atoms with Crippen LogP contribution in [0.5, 0.6) is 0 Å². The number of likely N-dealkylation sites (tertiary alicyclic amines) is 1. The third-order valence-corrected chi connectivity index (χ3v) is 5.91.